The van der Waals surface area contributed by atoms with E-state index in [1.54, 1.807) is 32.2 Å². The fourth-order valence-corrected chi connectivity index (χ4v) is 5.89. The maximum atomic E-state index is 9.66. The second-order valence-electron chi connectivity index (χ2n) is 10.5. The topological polar surface area (TPSA) is 29.9 Å². The highest BCUT2D eigenvalue weighted by atomic mass is 16.3. The van der Waals surface area contributed by atoms with Crippen molar-refractivity contribution in [1.29, 1.82) is 0 Å². The van der Waals surface area contributed by atoms with Crippen molar-refractivity contribution in [2.45, 2.75) is 79.2 Å². The van der Waals surface area contributed by atoms with Crippen LogP contribution in [-0.2, 0) is 12.5 Å². The molecule has 3 nitrogen and oxygen atoms in total. The summed E-state index contributed by atoms with van der Waals surface area (Å²) in [5.41, 5.74) is -3.09. The molecular formula is C37H43N2O+. The summed E-state index contributed by atoms with van der Waals surface area (Å²) >= 11 is 0. The Balaban J connectivity index is 1.78. The lowest BCUT2D eigenvalue weighted by molar-refractivity contribution is -0.660. The van der Waals surface area contributed by atoms with Crippen molar-refractivity contribution in [2.24, 2.45) is 18.8 Å². The number of aromatic nitrogens is 2. The summed E-state index contributed by atoms with van der Waals surface area (Å²) in [6.45, 7) is -8.19. The highest BCUT2D eigenvalue weighted by Crippen LogP contribution is 2.55. The zero-order valence-corrected chi connectivity index (χ0v) is 23.0. The number of hydrogen-bond acceptors (Lipinski definition) is 2. The lowest BCUT2D eigenvalue weighted by Gasteiger charge is -2.34. The van der Waals surface area contributed by atoms with Crippen molar-refractivity contribution < 1.29 is 35.0 Å². The van der Waals surface area contributed by atoms with Gasteiger partial charge in [0.25, 0.3) is 0 Å². The molecular weight excluding hydrogens is 488 g/mol. The van der Waals surface area contributed by atoms with Crippen LogP contribution in [0.4, 0.5) is 0 Å². The van der Waals surface area contributed by atoms with Crippen molar-refractivity contribution in [3.05, 3.63) is 82.7 Å². The fraction of sp³-hybridized carbons (Fsp3) is 0.405. The van der Waals surface area contributed by atoms with Crippen LogP contribution >= 0.6 is 0 Å². The van der Waals surface area contributed by atoms with E-state index < -0.39 is 68.9 Å². The molecule has 3 aromatic heterocycles. The lowest BCUT2D eigenvalue weighted by atomic mass is 9.69. The van der Waals surface area contributed by atoms with E-state index in [-0.39, 0.29) is 44.8 Å². The molecule has 3 unspecified atom stereocenters. The molecule has 0 aliphatic heterocycles. The first-order chi connectivity index (χ1) is 26.4. The van der Waals surface area contributed by atoms with Gasteiger partial charge in [-0.2, -0.15) is 0 Å². The number of benzene rings is 2. The van der Waals surface area contributed by atoms with E-state index >= 15 is 0 Å². The molecule has 0 radical (unpaired) electrons. The van der Waals surface area contributed by atoms with Crippen LogP contribution in [0, 0.1) is 25.6 Å². The molecule has 1 aliphatic carbocycles. The summed E-state index contributed by atoms with van der Waals surface area (Å²) < 4.78 is 172. The van der Waals surface area contributed by atoms with Gasteiger partial charge in [0.2, 0.25) is 11.4 Å². The summed E-state index contributed by atoms with van der Waals surface area (Å²) in [6.07, 6.45) is -5.77. The van der Waals surface area contributed by atoms with Gasteiger partial charge >= 0.3 is 0 Å². The summed E-state index contributed by atoms with van der Waals surface area (Å²) in [7, 11) is 1.55. The molecule has 40 heavy (non-hydrogen) atoms. The summed E-state index contributed by atoms with van der Waals surface area (Å²) in [5.74, 6) is -8.60. The van der Waals surface area contributed by atoms with Gasteiger partial charge in [0.1, 0.15) is 7.05 Å². The van der Waals surface area contributed by atoms with E-state index in [1.165, 1.54) is 41.1 Å². The molecule has 3 heteroatoms. The summed E-state index contributed by atoms with van der Waals surface area (Å²) in [5, 5.41) is 0.710. The van der Waals surface area contributed by atoms with Crippen LogP contribution in [-0.4, -0.2) is 4.98 Å². The first kappa shape index (κ1) is 12.6. The van der Waals surface area contributed by atoms with Crippen LogP contribution in [0.25, 0.3) is 44.5 Å². The van der Waals surface area contributed by atoms with Gasteiger partial charge in [0.15, 0.2) is 11.8 Å². The Morgan fingerprint density at radius 1 is 0.975 bits per heavy atom. The van der Waals surface area contributed by atoms with Crippen molar-refractivity contribution in [1.82, 2.24) is 4.98 Å². The third-order valence-corrected chi connectivity index (χ3v) is 7.50. The van der Waals surface area contributed by atoms with Crippen molar-refractivity contribution in [3.8, 4) is 22.4 Å². The lowest BCUT2D eigenvalue weighted by Crippen LogP contribution is -2.32. The zero-order valence-electron chi connectivity index (χ0n) is 42.0. The quantitative estimate of drug-likeness (QED) is 0.197. The predicted octanol–water partition coefficient (Wildman–Crippen LogP) is 9.57. The fourth-order valence-electron chi connectivity index (χ4n) is 5.89. The molecule has 6 rings (SSSR count). The van der Waals surface area contributed by atoms with Gasteiger partial charge < -0.3 is 4.42 Å². The number of nitrogens with zero attached hydrogens (tertiary/aromatic N) is 2. The Kier molecular flexibility index (Phi) is 3.01. The number of fused-ring (bicyclic) bond motifs is 6. The Hall–Kier alpha value is -3.46. The van der Waals surface area contributed by atoms with E-state index in [9.17, 15) is 5.48 Å². The second-order valence-corrected chi connectivity index (χ2v) is 10.5. The van der Waals surface area contributed by atoms with Crippen LogP contribution in [0.2, 0.25) is 0 Å². The Morgan fingerprint density at radius 3 is 2.48 bits per heavy atom. The van der Waals surface area contributed by atoms with Crippen molar-refractivity contribution >= 4 is 22.1 Å². The number of rotatable bonds is 6. The van der Waals surface area contributed by atoms with Crippen LogP contribution in [0.5, 0.6) is 0 Å². The van der Waals surface area contributed by atoms with Crippen molar-refractivity contribution in [2.75, 3.05) is 0 Å². The van der Waals surface area contributed by atoms with Crippen molar-refractivity contribution in [3.63, 3.8) is 0 Å². The predicted molar refractivity (Wildman–Crippen MR) is 167 cm³/mol. The molecule has 0 amide bonds. The van der Waals surface area contributed by atoms with Gasteiger partial charge in [-0.3, -0.25) is 0 Å². The largest absolute Gasteiger partial charge is 0.437 e. The molecule has 0 spiro atoms. The highest BCUT2D eigenvalue weighted by Gasteiger charge is 2.45. The van der Waals surface area contributed by atoms with E-state index in [0.717, 1.165) is 20.8 Å². The molecule has 1 aliphatic rings. The number of aryl methyl sites for hydroxylation is 3. The van der Waals surface area contributed by atoms with Gasteiger partial charge in [-0.25, -0.2) is 9.55 Å². The molecule has 3 heterocycles. The Bertz CT molecular complexity index is 2480. The third-order valence-electron chi connectivity index (χ3n) is 7.50. The number of hydrogen-bond donors (Lipinski definition) is 0. The van der Waals surface area contributed by atoms with Gasteiger partial charge in [-0.1, -0.05) is 77.7 Å². The molecule has 2 aromatic carbocycles. The molecule has 0 fully saturated rings. The van der Waals surface area contributed by atoms with E-state index in [0.29, 0.717) is 21.9 Å². The summed E-state index contributed by atoms with van der Waals surface area (Å²) in [6, 6.07) is 12.1. The average Bonchev–Trinajstić information content (AvgIpc) is 3.58. The number of furan rings is 1. The minimum Gasteiger partial charge on any atom is -0.437 e. The first-order valence-corrected chi connectivity index (χ1v) is 13.0. The van der Waals surface area contributed by atoms with Crippen LogP contribution in [0.3, 0.4) is 0 Å². The first-order valence-electron chi connectivity index (χ1n) is 22.5. The Morgan fingerprint density at radius 2 is 1.75 bits per heavy atom. The minimum absolute atomic E-state index is 0.0763. The molecule has 0 saturated carbocycles. The summed E-state index contributed by atoms with van der Waals surface area (Å²) in [4.78, 5) is 4.74. The molecule has 0 bridgehead atoms. The monoisotopic (exact) mass is 550 g/mol. The normalized spacial score (nSPS) is 30.0. The minimum atomic E-state index is -3.53. The van der Waals surface area contributed by atoms with Gasteiger partial charge in [-0.15, -0.1) is 0 Å². The van der Waals surface area contributed by atoms with Gasteiger partial charge in [0.05, 0.1) is 11.3 Å². The SMILES string of the molecule is [2H]C([2H])([2H])c1cc(-c2c(C)ccc3c2oc2nc4c(cc23)-c2ccccc2C4(C([2H])([2H])C([2H])(C)C([2H])([2H])[2H])C([2H])([2H])C([2H])(C)C([2H])([2H])[2H])[n+](C)cc1C([2H])(C)C([2H])([2H])[2H]. The van der Waals surface area contributed by atoms with Crippen LogP contribution in [0.1, 0.15) is 114 Å². The van der Waals surface area contributed by atoms with E-state index in [1.807, 2.05) is 0 Å². The van der Waals surface area contributed by atoms with Gasteiger partial charge in [0, 0.05) is 59.4 Å². The molecule has 5 aromatic rings. The highest BCUT2D eigenvalue weighted by molar-refractivity contribution is 6.10. The van der Waals surface area contributed by atoms with Crippen LogP contribution < -0.4 is 4.57 Å². The molecule has 0 N–H and O–H groups in total. The maximum absolute atomic E-state index is 9.66. The molecule has 206 valence electrons. The van der Waals surface area contributed by atoms with Crippen LogP contribution in [0.15, 0.2) is 59.1 Å². The molecule has 3 atom stereocenters. The third kappa shape index (κ3) is 4.00. The molecule has 0 saturated heterocycles. The van der Waals surface area contributed by atoms with E-state index in [4.69, 9.17) is 30.0 Å². The number of pyridine rings is 2. The standard InChI is InChI=1S/C37H43N2O/c1-21(2)18-37(19-22(3)4)31-13-11-10-12-26(31)28-17-29-27-15-14-24(7)33(34(27)40-36(29)38-35(28)37)32-16-25(8)30(23(5)6)20-39(32)9/h10-17,20-23H,18-19H2,1-9H3/q+1/i1D3,3D3,5D3,8D3,18D2,19D2,21D,22D,23D. The average molecular weight is 551 g/mol. The Labute approximate surface area is 266 Å². The van der Waals surface area contributed by atoms with Gasteiger partial charge in [-0.05, 0) is 72.5 Å². The zero-order chi connectivity index (χ0) is 44.9. The second kappa shape index (κ2) is 9.58. The maximum Gasteiger partial charge on any atom is 0.227 e. The smallest absolute Gasteiger partial charge is 0.227 e. The van der Waals surface area contributed by atoms with E-state index in [2.05, 4.69) is 0 Å².